The zero-order chi connectivity index (χ0) is 16.1. The Labute approximate surface area is 136 Å². The van der Waals surface area contributed by atoms with E-state index >= 15 is 0 Å². The van der Waals surface area contributed by atoms with Crippen LogP contribution in [0.25, 0.3) is 0 Å². The summed E-state index contributed by atoms with van der Waals surface area (Å²) < 4.78 is 5.94. The zero-order valence-electron chi connectivity index (χ0n) is 13.2. The van der Waals surface area contributed by atoms with Gasteiger partial charge in [-0.2, -0.15) is 0 Å². The van der Waals surface area contributed by atoms with Crippen LogP contribution in [0, 0.1) is 0 Å². The van der Waals surface area contributed by atoms with Gasteiger partial charge in [0.25, 0.3) is 0 Å². The largest absolute Gasteiger partial charge is 0.373 e. The van der Waals surface area contributed by atoms with E-state index in [9.17, 15) is 9.59 Å². The minimum atomic E-state index is -0.251. The maximum absolute atomic E-state index is 12.1. The minimum absolute atomic E-state index is 0.00207. The molecule has 0 aromatic heterocycles. The number of ether oxygens (including phenoxy) is 1. The molecule has 23 heavy (non-hydrogen) atoms. The molecule has 2 aliphatic heterocycles. The highest BCUT2D eigenvalue weighted by Crippen LogP contribution is 2.27. The molecule has 1 spiro atoms. The van der Waals surface area contributed by atoms with Gasteiger partial charge in [0.1, 0.15) is 0 Å². The Morgan fingerprint density at radius 1 is 1.26 bits per heavy atom. The number of likely N-dealkylation sites (tertiary alicyclic amines) is 1. The summed E-state index contributed by atoms with van der Waals surface area (Å²) in [6, 6.07) is 9.48. The summed E-state index contributed by atoms with van der Waals surface area (Å²) in [6.07, 6.45) is 2.11. The van der Waals surface area contributed by atoms with Gasteiger partial charge in [-0.25, -0.2) is 0 Å². The molecule has 2 heterocycles. The van der Waals surface area contributed by atoms with Crippen LogP contribution in [0.5, 0.6) is 0 Å². The Morgan fingerprint density at radius 2 is 2.00 bits per heavy atom. The van der Waals surface area contributed by atoms with E-state index in [1.54, 1.807) is 0 Å². The number of carbonyl (C=O) groups excluding carboxylic acids is 2. The van der Waals surface area contributed by atoms with Crippen molar-refractivity contribution in [2.45, 2.75) is 24.9 Å². The first-order valence-electron chi connectivity index (χ1n) is 8.13. The van der Waals surface area contributed by atoms with Crippen LogP contribution in [-0.2, 0) is 14.3 Å². The van der Waals surface area contributed by atoms with E-state index in [0.29, 0.717) is 26.1 Å². The first kappa shape index (κ1) is 16.0. The summed E-state index contributed by atoms with van der Waals surface area (Å²) >= 11 is 0. The average Bonchev–Trinajstić information content (AvgIpc) is 2.73. The highest BCUT2D eigenvalue weighted by molar-refractivity contribution is 5.92. The van der Waals surface area contributed by atoms with Gasteiger partial charge in [-0.3, -0.25) is 14.5 Å². The Morgan fingerprint density at radius 3 is 2.74 bits per heavy atom. The van der Waals surface area contributed by atoms with Gasteiger partial charge in [-0.15, -0.1) is 0 Å². The van der Waals surface area contributed by atoms with Crippen molar-refractivity contribution in [3.05, 3.63) is 30.3 Å². The molecule has 3 rings (SSSR count). The van der Waals surface area contributed by atoms with E-state index in [0.717, 1.165) is 31.6 Å². The quantitative estimate of drug-likeness (QED) is 0.872. The van der Waals surface area contributed by atoms with Crippen molar-refractivity contribution >= 4 is 17.5 Å². The smallest absolute Gasteiger partial charge is 0.238 e. The van der Waals surface area contributed by atoms with Crippen molar-refractivity contribution in [2.24, 2.45) is 0 Å². The fraction of sp³-hybridized carbons (Fsp3) is 0.529. The molecule has 0 aliphatic carbocycles. The normalized spacial score (nSPS) is 21.5. The van der Waals surface area contributed by atoms with Gasteiger partial charge in [0, 0.05) is 31.7 Å². The molecule has 6 heteroatoms. The van der Waals surface area contributed by atoms with Crippen LogP contribution >= 0.6 is 0 Å². The molecule has 0 unspecified atom stereocenters. The number of anilines is 1. The molecule has 6 nitrogen and oxygen atoms in total. The number of amides is 2. The van der Waals surface area contributed by atoms with Crippen molar-refractivity contribution in [1.82, 2.24) is 10.2 Å². The van der Waals surface area contributed by atoms with Crippen LogP contribution in [0.1, 0.15) is 19.3 Å². The lowest BCUT2D eigenvalue weighted by Gasteiger charge is -2.40. The van der Waals surface area contributed by atoms with Gasteiger partial charge < -0.3 is 15.4 Å². The molecule has 2 amide bonds. The van der Waals surface area contributed by atoms with Crippen LogP contribution in [0.2, 0.25) is 0 Å². The van der Waals surface area contributed by atoms with Crippen LogP contribution in [0.4, 0.5) is 5.69 Å². The van der Waals surface area contributed by atoms with Crippen molar-refractivity contribution in [2.75, 3.05) is 38.1 Å². The van der Waals surface area contributed by atoms with E-state index in [2.05, 4.69) is 15.5 Å². The molecule has 2 N–H and O–H groups in total. The van der Waals surface area contributed by atoms with Gasteiger partial charge >= 0.3 is 0 Å². The van der Waals surface area contributed by atoms with Gasteiger partial charge in [-0.1, -0.05) is 18.2 Å². The maximum atomic E-state index is 12.1. The number of piperidine rings is 1. The lowest BCUT2D eigenvalue weighted by molar-refractivity contribution is -0.121. The predicted molar refractivity (Wildman–Crippen MR) is 87.1 cm³/mol. The lowest BCUT2D eigenvalue weighted by atomic mass is 9.91. The van der Waals surface area contributed by atoms with Crippen molar-refractivity contribution in [1.29, 1.82) is 0 Å². The van der Waals surface area contributed by atoms with Crippen molar-refractivity contribution in [3.63, 3.8) is 0 Å². The Balaban J connectivity index is 1.47. The zero-order valence-corrected chi connectivity index (χ0v) is 13.2. The van der Waals surface area contributed by atoms with Crippen LogP contribution in [-0.4, -0.2) is 55.1 Å². The number of hydrogen-bond donors (Lipinski definition) is 2. The molecular formula is C17H23N3O3. The van der Waals surface area contributed by atoms with Crippen LogP contribution in [0.3, 0.4) is 0 Å². The van der Waals surface area contributed by atoms with E-state index in [1.165, 1.54) is 0 Å². The van der Waals surface area contributed by atoms with E-state index in [1.807, 2.05) is 30.3 Å². The number of hydrogen-bond acceptors (Lipinski definition) is 4. The average molecular weight is 317 g/mol. The van der Waals surface area contributed by atoms with Crippen LogP contribution in [0.15, 0.2) is 30.3 Å². The van der Waals surface area contributed by atoms with Crippen LogP contribution < -0.4 is 10.6 Å². The van der Waals surface area contributed by atoms with Gasteiger partial charge in [0.2, 0.25) is 11.8 Å². The number of nitrogens with one attached hydrogen (secondary N) is 2. The number of rotatable bonds is 3. The van der Waals surface area contributed by atoms with E-state index in [4.69, 9.17) is 4.74 Å². The summed E-state index contributed by atoms with van der Waals surface area (Å²) in [5, 5.41) is 5.84. The Kier molecular flexibility index (Phi) is 4.93. The fourth-order valence-electron chi connectivity index (χ4n) is 3.12. The highest BCUT2D eigenvalue weighted by atomic mass is 16.5. The molecule has 0 bridgehead atoms. The molecule has 2 aliphatic rings. The highest BCUT2D eigenvalue weighted by Gasteiger charge is 2.37. The SMILES string of the molecule is O=C1CCOC2(CCN(CC(=O)Nc3ccccc3)CC2)CN1. The second-order valence-corrected chi connectivity index (χ2v) is 6.25. The Hall–Kier alpha value is -1.92. The van der Waals surface area contributed by atoms with E-state index in [-0.39, 0.29) is 17.4 Å². The van der Waals surface area contributed by atoms with Gasteiger partial charge in [-0.05, 0) is 25.0 Å². The predicted octanol–water partition coefficient (Wildman–Crippen LogP) is 0.996. The van der Waals surface area contributed by atoms with Gasteiger partial charge in [0.15, 0.2) is 0 Å². The Bertz CT molecular complexity index is 553. The summed E-state index contributed by atoms with van der Waals surface area (Å²) in [5.74, 6) is 0.0637. The minimum Gasteiger partial charge on any atom is -0.373 e. The second kappa shape index (κ2) is 7.10. The monoisotopic (exact) mass is 317 g/mol. The molecule has 0 atom stereocenters. The number of nitrogens with zero attached hydrogens (tertiary/aromatic N) is 1. The molecule has 0 radical (unpaired) electrons. The summed E-state index contributed by atoms with van der Waals surface area (Å²) in [7, 11) is 0. The maximum Gasteiger partial charge on any atom is 0.238 e. The third-order valence-corrected chi connectivity index (χ3v) is 4.54. The summed E-state index contributed by atoms with van der Waals surface area (Å²) in [6.45, 7) is 3.06. The standard InChI is InChI=1S/C17H23N3O3/c21-15-6-11-23-17(13-18-15)7-9-20(10-8-17)12-16(22)19-14-4-2-1-3-5-14/h1-5H,6-13H2,(H,18,21)(H,19,22). The third kappa shape index (κ3) is 4.30. The summed E-state index contributed by atoms with van der Waals surface area (Å²) in [5.41, 5.74) is 0.569. The molecule has 2 fully saturated rings. The molecule has 124 valence electrons. The molecular weight excluding hydrogens is 294 g/mol. The first-order valence-corrected chi connectivity index (χ1v) is 8.13. The number of para-hydroxylation sites is 1. The molecule has 1 aromatic carbocycles. The lowest BCUT2D eigenvalue weighted by Crippen LogP contribution is -2.52. The summed E-state index contributed by atoms with van der Waals surface area (Å²) in [4.78, 5) is 25.7. The fourth-order valence-corrected chi connectivity index (χ4v) is 3.12. The molecule has 1 aromatic rings. The molecule has 2 saturated heterocycles. The van der Waals surface area contributed by atoms with Gasteiger partial charge in [0.05, 0.1) is 18.8 Å². The topological polar surface area (TPSA) is 70.7 Å². The van der Waals surface area contributed by atoms with Crippen molar-refractivity contribution in [3.8, 4) is 0 Å². The van der Waals surface area contributed by atoms with E-state index < -0.39 is 0 Å². The van der Waals surface area contributed by atoms with Crippen molar-refractivity contribution < 1.29 is 14.3 Å². The first-order chi connectivity index (χ1) is 11.2. The third-order valence-electron chi connectivity index (χ3n) is 4.54. The second-order valence-electron chi connectivity index (χ2n) is 6.25. The number of benzene rings is 1. The molecule has 0 saturated carbocycles. The number of carbonyl (C=O) groups is 2.